The van der Waals surface area contributed by atoms with Crippen molar-refractivity contribution in [3.63, 3.8) is 0 Å². The summed E-state index contributed by atoms with van der Waals surface area (Å²) in [5, 5.41) is 0. The van der Waals surface area contributed by atoms with Crippen molar-refractivity contribution in [2.75, 3.05) is 6.61 Å². The van der Waals surface area contributed by atoms with Crippen LogP contribution in [-0.2, 0) is 16.1 Å². The van der Waals surface area contributed by atoms with E-state index in [4.69, 9.17) is 0 Å². The van der Waals surface area contributed by atoms with E-state index in [1.54, 1.807) is 11.5 Å². The predicted octanol–water partition coefficient (Wildman–Crippen LogP) is 2.55. The number of aromatic nitrogens is 1. The van der Waals surface area contributed by atoms with Gasteiger partial charge in [-0.05, 0) is 32.9 Å². The zero-order valence-corrected chi connectivity index (χ0v) is 10.2. The molecule has 17 heavy (non-hydrogen) atoms. The molecule has 0 radical (unpaired) electrons. The molecule has 0 N–H and O–H groups in total. The van der Waals surface area contributed by atoms with Gasteiger partial charge in [0.1, 0.15) is 5.92 Å². The summed E-state index contributed by atoms with van der Waals surface area (Å²) in [6, 6.07) is 3.67. The van der Waals surface area contributed by atoms with Crippen LogP contribution in [0.15, 0.2) is 12.1 Å². The Bertz CT molecular complexity index is 368. The van der Waals surface area contributed by atoms with E-state index in [1.165, 1.54) is 0 Å². The van der Waals surface area contributed by atoms with E-state index in [-0.39, 0.29) is 13.2 Å². The first-order valence-corrected chi connectivity index (χ1v) is 5.54. The maximum Gasteiger partial charge on any atom is 0.316 e. The summed E-state index contributed by atoms with van der Waals surface area (Å²) in [4.78, 5) is 11.4. The van der Waals surface area contributed by atoms with Crippen molar-refractivity contribution >= 4 is 5.97 Å². The zero-order valence-electron chi connectivity index (χ0n) is 10.2. The lowest BCUT2D eigenvalue weighted by molar-refractivity contribution is -0.154. The van der Waals surface area contributed by atoms with Crippen LogP contribution in [0.25, 0.3) is 0 Å². The smallest absolute Gasteiger partial charge is 0.316 e. The van der Waals surface area contributed by atoms with Crippen molar-refractivity contribution in [3.05, 3.63) is 23.5 Å². The Morgan fingerprint density at radius 1 is 1.35 bits per heavy atom. The number of esters is 1. The minimum Gasteiger partial charge on any atom is -0.466 e. The second-order valence-corrected chi connectivity index (χ2v) is 3.92. The molecule has 1 unspecified atom stereocenters. The van der Waals surface area contributed by atoms with Gasteiger partial charge in [-0.25, -0.2) is 8.78 Å². The quantitative estimate of drug-likeness (QED) is 0.746. The fourth-order valence-electron chi connectivity index (χ4n) is 1.69. The maximum atomic E-state index is 12.8. The highest BCUT2D eigenvalue weighted by molar-refractivity contribution is 5.72. The van der Waals surface area contributed by atoms with Gasteiger partial charge < -0.3 is 9.30 Å². The molecule has 3 nitrogen and oxygen atoms in total. The molecule has 0 fully saturated rings. The van der Waals surface area contributed by atoms with Crippen LogP contribution in [0.5, 0.6) is 0 Å². The van der Waals surface area contributed by atoms with Crippen LogP contribution >= 0.6 is 0 Å². The van der Waals surface area contributed by atoms with Crippen molar-refractivity contribution < 1.29 is 18.3 Å². The first-order valence-electron chi connectivity index (χ1n) is 5.54. The van der Waals surface area contributed by atoms with Crippen molar-refractivity contribution in [3.8, 4) is 0 Å². The van der Waals surface area contributed by atoms with Crippen LogP contribution in [0.2, 0.25) is 0 Å². The third kappa shape index (κ3) is 3.28. The van der Waals surface area contributed by atoms with Crippen LogP contribution in [0.1, 0.15) is 18.3 Å². The van der Waals surface area contributed by atoms with Crippen LogP contribution in [-0.4, -0.2) is 23.6 Å². The monoisotopic (exact) mass is 245 g/mol. The Hall–Kier alpha value is -1.39. The first-order chi connectivity index (χ1) is 7.97. The number of ether oxygens (including phenoxy) is 1. The molecule has 1 heterocycles. The van der Waals surface area contributed by atoms with Crippen molar-refractivity contribution in [1.82, 2.24) is 4.57 Å². The SMILES string of the molecule is CCOC(=O)C(Cn1c(C)ccc1C)C(F)F. The fourth-order valence-corrected chi connectivity index (χ4v) is 1.69. The Morgan fingerprint density at radius 3 is 2.29 bits per heavy atom. The molecule has 0 aliphatic carbocycles. The maximum absolute atomic E-state index is 12.8. The minimum absolute atomic E-state index is 0.0405. The van der Waals surface area contributed by atoms with Gasteiger partial charge in [0.05, 0.1) is 6.61 Å². The lowest BCUT2D eigenvalue weighted by Gasteiger charge is -2.17. The first kappa shape index (κ1) is 13.7. The molecule has 5 heteroatoms. The fraction of sp³-hybridized carbons (Fsp3) is 0.583. The Labute approximate surface area is 99.4 Å². The molecule has 0 saturated heterocycles. The highest BCUT2D eigenvalue weighted by atomic mass is 19.3. The van der Waals surface area contributed by atoms with Crippen LogP contribution in [0.3, 0.4) is 0 Å². The van der Waals surface area contributed by atoms with Gasteiger partial charge in [-0.1, -0.05) is 0 Å². The minimum atomic E-state index is -2.71. The standard InChI is InChI=1S/C12H17F2NO2/c1-4-17-12(16)10(11(13)14)7-15-8(2)5-6-9(15)3/h5-6,10-11H,4,7H2,1-3H3. The van der Waals surface area contributed by atoms with E-state index in [2.05, 4.69) is 4.74 Å². The van der Waals surface area contributed by atoms with Gasteiger partial charge in [-0.3, -0.25) is 4.79 Å². The molecule has 1 aromatic heterocycles. The molecular formula is C12H17F2NO2. The topological polar surface area (TPSA) is 31.2 Å². The number of halogens is 2. The number of rotatable bonds is 5. The highest BCUT2D eigenvalue weighted by Gasteiger charge is 2.30. The average molecular weight is 245 g/mol. The Balaban J connectivity index is 2.84. The van der Waals surface area contributed by atoms with E-state index in [9.17, 15) is 13.6 Å². The summed E-state index contributed by atoms with van der Waals surface area (Å²) in [5.74, 6) is -2.24. The lowest BCUT2D eigenvalue weighted by Crippen LogP contribution is -2.29. The summed E-state index contributed by atoms with van der Waals surface area (Å²) in [7, 11) is 0. The van der Waals surface area contributed by atoms with Gasteiger partial charge in [0, 0.05) is 17.9 Å². The number of carbonyl (C=O) groups is 1. The molecule has 1 rings (SSSR count). The average Bonchev–Trinajstić information content (AvgIpc) is 2.55. The summed E-state index contributed by atoms with van der Waals surface area (Å²) >= 11 is 0. The molecule has 0 bridgehead atoms. The third-order valence-electron chi connectivity index (χ3n) is 2.69. The van der Waals surface area contributed by atoms with E-state index in [1.807, 2.05) is 26.0 Å². The molecule has 1 atom stereocenters. The zero-order chi connectivity index (χ0) is 13.0. The van der Waals surface area contributed by atoms with Gasteiger partial charge >= 0.3 is 5.97 Å². The molecule has 1 aromatic rings. The molecule has 0 saturated carbocycles. The molecular weight excluding hydrogens is 228 g/mol. The van der Waals surface area contributed by atoms with Gasteiger partial charge in [-0.15, -0.1) is 0 Å². The number of hydrogen-bond acceptors (Lipinski definition) is 2. The molecule has 0 aromatic carbocycles. The van der Waals surface area contributed by atoms with Crippen molar-refractivity contribution in [1.29, 1.82) is 0 Å². The largest absolute Gasteiger partial charge is 0.466 e. The van der Waals surface area contributed by atoms with Gasteiger partial charge in [-0.2, -0.15) is 0 Å². The number of alkyl halides is 2. The van der Waals surface area contributed by atoms with Gasteiger partial charge in [0.25, 0.3) is 6.43 Å². The Morgan fingerprint density at radius 2 is 1.88 bits per heavy atom. The van der Waals surface area contributed by atoms with E-state index in [0.717, 1.165) is 11.4 Å². The van der Waals surface area contributed by atoms with Crippen molar-refractivity contribution in [2.24, 2.45) is 5.92 Å². The summed E-state index contributed by atoms with van der Waals surface area (Å²) in [6.45, 7) is 5.32. The number of hydrogen-bond donors (Lipinski definition) is 0. The van der Waals surface area contributed by atoms with E-state index < -0.39 is 18.3 Å². The number of aryl methyl sites for hydroxylation is 2. The number of carbonyl (C=O) groups excluding carboxylic acids is 1. The Kier molecular flexibility index (Phi) is 4.66. The van der Waals surface area contributed by atoms with Crippen molar-refractivity contribution in [2.45, 2.75) is 33.7 Å². The highest BCUT2D eigenvalue weighted by Crippen LogP contribution is 2.18. The summed E-state index contributed by atoms with van der Waals surface area (Å²) < 4.78 is 32.0. The number of nitrogens with zero attached hydrogens (tertiary/aromatic N) is 1. The molecule has 96 valence electrons. The van der Waals surface area contributed by atoms with Crippen LogP contribution in [0, 0.1) is 19.8 Å². The summed E-state index contributed by atoms with van der Waals surface area (Å²) in [5.41, 5.74) is 1.72. The predicted molar refractivity (Wildman–Crippen MR) is 60.0 cm³/mol. The summed E-state index contributed by atoms with van der Waals surface area (Å²) in [6.07, 6.45) is -2.71. The molecule has 0 aliphatic rings. The molecule has 0 spiro atoms. The second kappa shape index (κ2) is 5.80. The normalized spacial score (nSPS) is 12.8. The molecule has 0 amide bonds. The van der Waals surface area contributed by atoms with Crippen LogP contribution in [0.4, 0.5) is 8.78 Å². The third-order valence-corrected chi connectivity index (χ3v) is 2.69. The molecule has 0 aliphatic heterocycles. The van der Waals surface area contributed by atoms with Gasteiger partial charge in [0.15, 0.2) is 0 Å². The van der Waals surface area contributed by atoms with E-state index in [0.29, 0.717) is 0 Å². The second-order valence-electron chi connectivity index (χ2n) is 3.92. The van der Waals surface area contributed by atoms with Crippen LogP contribution < -0.4 is 0 Å². The van der Waals surface area contributed by atoms with Gasteiger partial charge in [0.2, 0.25) is 0 Å². The van der Waals surface area contributed by atoms with E-state index >= 15 is 0 Å². The lowest BCUT2D eigenvalue weighted by atomic mass is 10.1.